The molecule has 0 atom stereocenters. The van der Waals surface area contributed by atoms with Crippen LogP contribution < -0.4 is 5.32 Å². The maximum Gasteiger partial charge on any atom is 0.186 e. The number of nitrogens with one attached hydrogen (secondary N) is 2. The summed E-state index contributed by atoms with van der Waals surface area (Å²) in [5, 5.41) is 11.3. The molecule has 0 aliphatic carbocycles. The van der Waals surface area contributed by atoms with Gasteiger partial charge in [0.1, 0.15) is 18.0 Å². The molecule has 0 saturated heterocycles. The third kappa shape index (κ3) is 2.41. The van der Waals surface area contributed by atoms with Gasteiger partial charge in [0.05, 0.1) is 17.6 Å². The quantitative estimate of drug-likeness (QED) is 0.592. The molecule has 0 bridgehead atoms. The van der Waals surface area contributed by atoms with E-state index in [4.69, 9.17) is 0 Å². The fourth-order valence-corrected chi connectivity index (χ4v) is 3.09. The number of rotatable bonds is 3. The van der Waals surface area contributed by atoms with Crippen molar-refractivity contribution in [1.29, 1.82) is 0 Å². The minimum Gasteiger partial charge on any atom is -0.339 e. The molecule has 6 nitrogen and oxygen atoms in total. The Balaban J connectivity index is 1.60. The van der Waals surface area contributed by atoms with Crippen LogP contribution in [0, 0.1) is 5.82 Å². The van der Waals surface area contributed by atoms with Crippen LogP contribution in [0.4, 0.5) is 15.9 Å². The first-order valence-electron chi connectivity index (χ1n) is 8.13. The highest BCUT2D eigenvalue weighted by atomic mass is 19.1. The lowest BCUT2D eigenvalue weighted by Crippen LogP contribution is -1.97. The number of H-pyrrole nitrogens is 1. The van der Waals surface area contributed by atoms with Gasteiger partial charge in [0.15, 0.2) is 5.65 Å². The van der Waals surface area contributed by atoms with Gasteiger partial charge in [-0.3, -0.25) is 10.1 Å². The summed E-state index contributed by atoms with van der Waals surface area (Å²) >= 11 is 0. The molecule has 1 aliphatic rings. The standard InChI is InChI=1S/C19H13FN6/c20-14-4-1-11(2-5-14)17-16-18(22-10-23-19(16)26-25-17)24-15-6-3-12-8-21-9-13(12)7-15/h1-7,9-10H,8H2,(H2,22,23,24,25,26). The Kier molecular flexibility index (Phi) is 3.24. The fraction of sp³-hybridized carbons (Fsp3) is 0.0526. The summed E-state index contributed by atoms with van der Waals surface area (Å²) in [7, 11) is 0. The largest absolute Gasteiger partial charge is 0.339 e. The Labute approximate surface area is 147 Å². The maximum atomic E-state index is 13.2. The molecular formula is C19H13FN6. The highest BCUT2D eigenvalue weighted by molar-refractivity contribution is 5.99. The Morgan fingerprint density at radius 2 is 1.92 bits per heavy atom. The van der Waals surface area contributed by atoms with Crippen LogP contribution in [0.15, 0.2) is 53.8 Å². The van der Waals surface area contributed by atoms with Crippen molar-refractivity contribution in [2.45, 2.75) is 6.54 Å². The van der Waals surface area contributed by atoms with E-state index in [1.54, 1.807) is 12.1 Å². The average Bonchev–Trinajstić information content (AvgIpc) is 3.29. The molecule has 0 unspecified atom stereocenters. The van der Waals surface area contributed by atoms with Crippen LogP contribution in [-0.2, 0) is 6.54 Å². The van der Waals surface area contributed by atoms with E-state index in [0.29, 0.717) is 11.5 Å². The molecule has 126 valence electrons. The molecule has 2 aromatic heterocycles. The second kappa shape index (κ2) is 5.73. The van der Waals surface area contributed by atoms with Crippen molar-refractivity contribution < 1.29 is 4.39 Å². The van der Waals surface area contributed by atoms with E-state index in [-0.39, 0.29) is 5.82 Å². The molecule has 0 saturated carbocycles. The molecule has 2 aromatic carbocycles. The number of aromatic amines is 1. The number of anilines is 2. The molecule has 0 spiro atoms. The van der Waals surface area contributed by atoms with Gasteiger partial charge in [-0.25, -0.2) is 14.4 Å². The van der Waals surface area contributed by atoms with Crippen molar-refractivity contribution in [3.63, 3.8) is 0 Å². The van der Waals surface area contributed by atoms with Gasteiger partial charge in [0.25, 0.3) is 0 Å². The molecule has 1 aliphatic heterocycles. The van der Waals surface area contributed by atoms with E-state index in [1.165, 1.54) is 24.0 Å². The fourth-order valence-electron chi connectivity index (χ4n) is 3.09. The van der Waals surface area contributed by atoms with Gasteiger partial charge in [0, 0.05) is 17.5 Å². The Bertz CT molecular complexity index is 1150. The first kappa shape index (κ1) is 14.7. The molecule has 0 amide bonds. The predicted molar refractivity (Wildman–Crippen MR) is 98.1 cm³/mol. The van der Waals surface area contributed by atoms with Crippen LogP contribution in [0.1, 0.15) is 11.1 Å². The zero-order valence-corrected chi connectivity index (χ0v) is 13.6. The minimum absolute atomic E-state index is 0.285. The maximum absolute atomic E-state index is 13.2. The SMILES string of the molecule is Fc1ccc(-c2[nH]nc3ncnc(Nc4ccc5c(c4)C=NC5)c23)cc1. The Morgan fingerprint density at radius 1 is 1.04 bits per heavy atom. The minimum atomic E-state index is -0.285. The average molecular weight is 344 g/mol. The first-order valence-corrected chi connectivity index (χ1v) is 8.13. The third-order valence-corrected chi connectivity index (χ3v) is 4.38. The molecule has 7 heteroatoms. The zero-order valence-electron chi connectivity index (χ0n) is 13.6. The molecule has 0 fully saturated rings. The van der Waals surface area contributed by atoms with E-state index in [9.17, 15) is 4.39 Å². The molecule has 2 N–H and O–H groups in total. The smallest absolute Gasteiger partial charge is 0.186 e. The summed E-state index contributed by atoms with van der Waals surface area (Å²) < 4.78 is 13.2. The van der Waals surface area contributed by atoms with Crippen molar-refractivity contribution in [1.82, 2.24) is 20.2 Å². The summed E-state index contributed by atoms with van der Waals surface area (Å²) in [6, 6.07) is 12.3. The van der Waals surface area contributed by atoms with Gasteiger partial charge in [-0.05, 0) is 47.5 Å². The second-order valence-corrected chi connectivity index (χ2v) is 6.03. The van der Waals surface area contributed by atoms with Crippen molar-refractivity contribution >= 4 is 28.8 Å². The number of aliphatic imine (C=N–C) groups is 1. The molecular weight excluding hydrogens is 331 g/mol. The number of aromatic nitrogens is 4. The van der Waals surface area contributed by atoms with Crippen LogP contribution >= 0.6 is 0 Å². The highest BCUT2D eigenvalue weighted by Gasteiger charge is 2.15. The number of benzene rings is 2. The second-order valence-electron chi connectivity index (χ2n) is 6.03. The van der Waals surface area contributed by atoms with Crippen LogP contribution in [0.3, 0.4) is 0 Å². The summed E-state index contributed by atoms with van der Waals surface area (Å²) in [6.07, 6.45) is 3.34. The number of hydrogen-bond donors (Lipinski definition) is 2. The van der Waals surface area contributed by atoms with Crippen molar-refractivity contribution in [2.75, 3.05) is 5.32 Å². The highest BCUT2D eigenvalue weighted by Crippen LogP contribution is 2.32. The van der Waals surface area contributed by atoms with Crippen LogP contribution in [0.2, 0.25) is 0 Å². The number of fused-ring (bicyclic) bond motifs is 2. The molecule has 5 rings (SSSR count). The van der Waals surface area contributed by atoms with Gasteiger partial charge >= 0.3 is 0 Å². The van der Waals surface area contributed by atoms with E-state index in [0.717, 1.165) is 34.4 Å². The van der Waals surface area contributed by atoms with E-state index in [1.807, 2.05) is 18.3 Å². The Hall–Kier alpha value is -3.61. The van der Waals surface area contributed by atoms with Gasteiger partial charge in [0.2, 0.25) is 0 Å². The lowest BCUT2D eigenvalue weighted by Gasteiger charge is -2.09. The van der Waals surface area contributed by atoms with Gasteiger partial charge in [-0.1, -0.05) is 6.07 Å². The number of nitrogens with zero attached hydrogens (tertiary/aromatic N) is 4. The Morgan fingerprint density at radius 3 is 2.81 bits per heavy atom. The lowest BCUT2D eigenvalue weighted by atomic mass is 10.1. The van der Waals surface area contributed by atoms with E-state index >= 15 is 0 Å². The van der Waals surface area contributed by atoms with Gasteiger partial charge < -0.3 is 5.32 Å². The molecule has 4 aromatic rings. The van der Waals surface area contributed by atoms with Crippen molar-refractivity contribution in [2.24, 2.45) is 4.99 Å². The van der Waals surface area contributed by atoms with Crippen molar-refractivity contribution in [3.05, 3.63) is 65.7 Å². The lowest BCUT2D eigenvalue weighted by molar-refractivity contribution is 0.628. The predicted octanol–water partition coefficient (Wildman–Crippen LogP) is 3.84. The van der Waals surface area contributed by atoms with Crippen LogP contribution in [-0.4, -0.2) is 26.4 Å². The van der Waals surface area contributed by atoms with E-state index < -0.39 is 0 Å². The summed E-state index contributed by atoms with van der Waals surface area (Å²) in [5.41, 5.74) is 5.32. The van der Waals surface area contributed by atoms with Gasteiger partial charge in [-0.15, -0.1) is 0 Å². The summed E-state index contributed by atoms with van der Waals surface area (Å²) in [5.74, 6) is 0.352. The number of halogens is 1. The summed E-state index contributed by atoms with van der Waals surface area (Å²) in [4.78, 5) is 12.9. The third-order valence-electron chi connectivity index (χ3n) is 4.38. The normalized spacial score (nSPS) is 12.5. The van der Waals surface area contributed by atoms with Crippen molar-refractivity contribution in [3.8, 4) is 11.3 Å². The van der Waals surface area contributed by atoms with E-state index in [2.05, 4.69) is 36.5 Å². The molecule has 0 radical (unpaired) electrons. The number of hydrogen-bond acceptors (Lipinski definition) is 5. The summed E-state index contributed by atoms with van der Waals surface area (Å²) in [6.45, 7) is 0.726. The molecule has 26 heavy (non-hydrogen) atoms. The monoisotopic (exact) mass is 344 g/mol. The van der Waals surface area contributed by atoms with Gasteiger partial charge in [-0.2, -0.15) is 5.10 Å². The van der Waals surface area contributed by atoms with Crippen LogP contribution in [0.5, 0.6) is 0 Å². The first-order chi connectivity index (χ1) is 12.8. The zero-order chi connectivity index (χ0) is 17.5. The molecule has 3 heterocycles. The topological polar surface area (TPSA) is 78.8 Å². The van der Waals surface area contributed by atoms with Crippen LogP contribution in [0.25, 0.3) is 22.3 Å².